The van der Waals surface area contributed by atoms with Gasteiger partial charge in [-0.1, -0.05) is 67.1 Å². The van der Waals surface area contributed by atoms with Crippen LogP contribution in [0.25, 0.3) is 0 Å². The van der Waals surface area contributed by atoms with Crippen LogP contribution in [-0.4, -0.2) is 30.7 Å². The molecular weight excluding hydrogens is 297 g/mol. The zero-order chi connectivity index (χ0) is 16.2. The molecule has 2 aromatic rings. The number of nitrogens with zero attached hydrogens (tertiary/aromatic N) is 1. The molecule has 0 aliphatic heterocycles. The minimum Gasteiger partial charge on any atom is -0.306 e. The van der Waals surface area contributed by atoms with Crippen LogP contribution in [-0.2, 0) is 0 Å². The van der Waals surface area contributed by atoms with Crippen molar-refractivity contribution in [1.29, 1.82) is 0 Å². The van der Waals surface area contributed by atoms with Crippen LogP contribution in [0.1, 0.15) is 26.2 Å². The largest absolute Gasteiger partial charge is 0.306 e. The maximum Gasteiger partial charge on any atom is 0.00953 e. The molecule has 1 saturated carbocycles. The SMILES string of the molecule is C[C@H](C1CCC[C@@H]1P(c1ccccc1)c1ccccc1)N(C)C. The standard InChI is InChI=1S/C21H28NP/c1-17(22(2)3)20-15-10-16-21(20)23(18-11-6-4-7-12-18)19-13-8-5-9-14-19/h4-9,11-14,17,20-21H,10,15-16H2,1-3H3/t17-,20?,21+/m1/s1. The van der Waals surface area contributed by atoms with Gasteiger partial charge in [-0.2, -0.15) is 0 Å². The van der Waals surface area contributed by atoms with E-state index in [1.807, 2.05) is 0 Å². The van der Waals surface area contributed by atoms with Gasteiger partial charge in [-0.05, 0) is 64.0 Å². The van der Waals surface area contributed by atoms with Gasteiger partial charge < -0.3 is 4.90 Å². The Bertz CT molecular complexity index is 556. The number of rotatable bonds is 5. The van der Waals surface area contributed by atoms with Crippen molar-refractivity contribution in [3.05, 3.63) is 60.7 Å². The highest BCUT2D eigenvalue weighted by atomic mass is 31.1. The van der Waals surface area contributed by atoms with E-state index in [0.717, 1.165) is 11.6 Å². The predicted octanol–water partition coefficient (Wildman–Crippen LogP) is 4.24. The van der Waals surface area contributed by atoms with E-state index in [4.69, 9.17) is 0 Å². The van der Waals surface area contributed by atoms with Gasteiger partial charge >= 0.3 is 0 Å². The normalized spacial score (nSPS) is 22.7. The average molecular weight is 325 g/mol. The third kappa shape index (κ3) is 3.67. The van der Waals surface area contributed by atoms with Crippen molar-refractivity contribution >= 4 is 18.5 Å². The van der Waals surface area contributed by atoms with E-state index in [9.17, 15) is 0 Å². The van der Waals surface area contributed by atoms with Gasteiger partial charge in [0.2, 0.25) is 0 Å². The number of hydrogen-bond acceptors (Lipinski definition) is 1. The van der Waals surface area contributed by atoms with E-state index in [1.165, 1.54) is 29.9 Å². The minimum absolute atomic E-state index is 0.275. The molecule has 1 aliphatic carbocycles. The molecule has 1 aliphatic rings. The lowest BCUT2D eigenvalue weighted by Gasteiger charge is -2.36. The molecule has 0 N–H and O–H groups in total. The number of hydrogen-bond donors (Lipinski definition) is 0. The van der Waals surface area contributed by atoms with Crippen LogP contribution < -0.4 is 10.6 Å². The zero-order valence-electron chi connectivity index (χ0n) is 14.5. The lowest BCUT2D eigenvalue weighted by molar-refractivity contribution is 0.232. The van der Waals surface area contributed by atoms with Crippen LogP contribution in [0.5, 0.6) is 0 Å². The lowest BCUT2D eigenvalue weighted by atomic mass is 9.98. The van der Waals surface area contributed by atoms with E-state index >= 15 is 0 Å². The first kappa shape index (κ1) is 16.7. The van der Waals surface area contributed by atoms with E-state index < -0.39 is 0 Å². The maximum absolute atomic E-state index is 2.41. The fraction of sp³-hybridized carbons (Fsp3) is 0.429. The van der Waals surface area contributed by atoms with Crippen molar-refractivity contribution in [2.75, 3.05) is 14.1 Å². The Hall–Kier alpha value is -1.17. The molecule has 0 heterocycles. The predicted molar refractivity (Wildman–Crippen MR) is 103 cm³/mol. The van der Waals surface area contributed by atoms with Crippen molar-refractivity contribution in [3.63, 3.8) is 0 Å². The van der Waals surface area contributed by atoms with Gasteiger partial charge in [0.15, 0.2) is 0 Å². The Morgan fingerprint density at radius 1 is 0.870 bits per heavy atom. The van der Waals surface area contributed by atoms with Gasteiger partial charge in [0.25, 0.3) is 0 Å². The second kappa shape index (κ2) is 7.60. The van der Waals surface area contributed by atoms with Crippen LogP contribution in [0.4, 0.5) is 0 Å². The maximum atomic E-state index is 2.41. The first-order chi connectivity index (χ1) is 11.2. The molecule has 0 spiro atoms. The summed E-state index contributed by atoms with van der Waals surface area (Å²) in [5, 5.41) is 3.08. The Labute approximate surface area is 142 Å². The molecule has 0 aromatic heterocycles. The van der Waals surface area contributed by atoms with Crippen LogP contribution in [0, 0.1) is 5.92 Å². The molecule has 0 bridgehead atoms. The molecule has 3 rings (SSSR count). The van der Waals surface area contributed by atoms with Crippen molar-refractivity contribution < 1.29 is 0 Å². The molecule has 2 aromatic carbocycles. The molecule has 23 heavy (non-hydrogen) atoms. The summed E-state index contributed by atoms with van der Waals surface area (Å²) in [6.45, 7) is 2.41. The third-order valence-corrected chi connectivity index (χ3v) is 8.38. The van der Waals surface area contributed by atoms with E-state index in [1.54, 1.807) is 0 Å². The van der Waals surface area contributed by atoms with Gasteiger partial charge in [0, 0.05) is 6.04 Å². The van der Waals surface area contributed by atoms with Crippen molar-refractivity contribution in [1.82, 2.24) is 4.90 Å². The fourth-order valence-corrected chi connectivity index (χ4v) is 7.22. The summed E-state index contributed by atoms with van der Waals surface area (Å²) in [4.78, 5) is 2.41. The van der Waals surface area contributed by atoms with Crippen LogP contribution in [0.3, 0.4) is 0 Å². The van der Waals surface area contributed by atoms with Crippen LogP contribution in [0.2, 0.25) is 0 Å². The second-order valence-electron chi connectivity index (χ2n) is 6.91. The highest BCUT2D eigenvalue weighted by Gasteiger charge is 2.38. The molecule has 0 saturated heterocycles. The van der Waals surface area contributed by atoms with E-state index in [2.05, 4.69) is 86.6 Å². The van der Waals surface area contributed by atoms with E-state index in [0.29, 0.717) is 6.04 Å². The molecule has 0 radical (unpaired) electrons. The zero-order valence-corrected chi connectivity index (χ0v) is 15.4. The molecular formula is C21H28NP. The molecule has 1 unspecified atom stereocenters. The smallest absolute Gasteiger partial charge is 0.00953 e. The Morgan fingerprint density at radius 2 is 1.39 bits per heavy atom. The lowest BCUT2D eigenvalue weighted by Crippen LogP contribution is -2.38. The minimum atomic E-state index is -0.275. The molecule has 0 amide bonds. The fourth-order valence-electron chi connectivity index (χ4n) is 3.94. The molecule has 3 atom stereocenters. The first-order valence-electron chi connectivity index (χ1n) is 8.74. The molecule has 1 nitrogen and oxygen atoms in total. The van der Waals surface area contributed by atoms with Crippen molar-refractivity contribution in [2.45, 2.75) is 37.9 Å². The number of benzene rings is 2. The molecule has 2 heteroatoms. The van der Waals surface area contributed by atoms with E-state index in [-0.39, 0.29) is 7.92 Å². The summed E-state index contributed by atoms with van der Waals surface area (Å²) in [6.07, 6.45) is 4.13. The Balaban J connectivity index is 1.98. The summed E-state index contributed by atoms with van der Waals surface area (Å²) in [6, 6.07) is 23.1. The summed E-state index contributed by atoms with van der Waals surface area (Å²) >= 11 is 0. The summed E-state index contributed by atoms with van der Waals surface area (Å²) in [5.74, 6) is 0.802. The Kier molecular flexibility index (Phi) is 5.51. The highest BCUT2D eigenvalue weighted by Crippen LogP contribution is 2.51. The van der Waals surface area contributed by atoms with Crippen LogP contribution >= 0.6 is 7.92 Å². The highest BCUT2D eigenvalue weighted by molar-refractivity contribution is 7.73. The summed E-state index contributed by atoms with van der Waals surface area (Å²) < 4.78 is 0. The van der Waals surface area contributed by atoms with Gasteiger partial charge in [-0.3, -0.25) is 0 Å². The van der Waals surface area contributed by atoms with Gasteiger partial charge in [-0.25, -0.2) is 0 Å². The average Bonchev–Trinajstić information content (AvgIpc) is 3.05. The summed E-state index contributed by atoms with van der Waals surface area (Å²) in [5.41, 5.74) is 0.798. The monoisotopic (exact) mass is 325 g/mol. The summed E-state index contributed by atoms with van der Waals surface area (Å²) in [7, 11) is 4.18. The van der Waals surface area contributed by atoms with Gasteiger partial charge in [0.05, 0.1) is 0 Å². The first-order valence-corrected chi connectivity index (χ1v) is 10.2. The van der Waals surface area contributed by atoms with Crippen molar-refractivity contribution in [3.8, 4) is 0 Å². The quantitative estimate of drug-likeness (QED) is 0.743. The van der Waals surface area contributed by atoms with Gasteiger partial charge in [0.1, 0.15) is 0 Å². The van der Waals surface area contributed by atoms with Gasteiger partial charge in [-0.15, -0.1) is 0 Å². The van der Waals surface area contributed by atoms with Crippen LogP contribution in [0.15, 0.2) is 60.7 Å². The third-order valence-electron chi connectivity index (χ3n) is 5.37. The topological polar surface area (TPSA) is 3.24 Å². The van der Waals surface area contributed by atoms with Crippen molar-refractivity contribution in [2.24, 2.45) is 5.92 Å². The Morgan fingerprint density at radius 3 is 1.87 bits per heavy atom. The molecule has 1 fully saturated rings. The second-order valence-corrected chi connectivity index (χ2v) is 9.34. The molecule has 122 valence electrons.